The zero-order chi connectivity index (χ0) is 20.2. The summed E-state index contributed by atoms with van der Waals surface area (Å²) < 4.78 is 0. The standard InChI is InChI=1S/C22H28N4O2S/c1-25(18-11-7-15-26(21(18)27)16-8-3-2-4-9-16)22(28)23-14-13-20-24-17-10-5-6-12-19(17)29-20/h2-4,8-9,18H,5-7,10-15H2,1H3,(H,23,28). The molecule has 0 saturated carbocycles. The van der Waals surface area contributed by atoms with E-state index in [4.69, 9.17) is 4.98 Å². The maximum absolute atomic E-state index is 13.0. The Hall–Kier alpha value is -2.41. The third kappa shape index (κ3) is 4.45. The number of aromatic nitrogens is 1. The van der Waals surface area contributed by atoms with E-state index in [1.807, 2.05) is 30.3 Å². The van der Waals surface area contributed by atoms with E-state index >= 15 is 0 Å². The number of anilines is 1. The smallest absolute Gasteiger partial charge is 0.317 e. The first-order valence-electron chi connectivity index (χ1n) is 10.5. The number of nitrogens with one attached hydrogen (secondary N) is 1. The summed E-state index contributed by atoms with van der Waals surface area (Å²) in [6, 6.07) is 9.06. The average Bonchev–Trinajstić information content (AvgIpc) is 3.17. The molecule has 154 valence electrons. The molecule has 6 nitrogen and oxygen atoms in total. The Balaban J connectivity index is 1.31. The lowest BCUT2D eigenvalue weighted by Gasteiger charge is -2.36. The Labute approximate surface area is 175 Å². The number of carbonyl (C=O) groups is 2. The summed E-state index contributed by atoms with van der Waals surface area (Å²) in [7, 11) is 1.72. The van der Waals surface area contributed by atoms with Gasteiger partial charge in [0, 0.05) is 37.1 Å². The van der Waals surface area contributed by atoms with Gasteiger partial charge in [0.2, 0.25) is 5.91 Å². The van der Waals surface area contributed by atoms with Gasteiger partial charge in [-0.05, 0) is 50.7 Å². The normalized spacial score (nSPS) is 19.0. The predicted octanol–water partition coefficient (Wildman–Crippen LogP) is 3.40. The van der Waals surface area contributed by atoms with Crippen LogP contribution in [-0.2, 0) is 24.1 Å². The van der Waals surface area contributed by atoms with Crippen molar-refractivity contribution in [2.75, 3.05) is 25.0 Å². The maximum atomic E-state index is 13.0. The molecule has 1 fully saturated rings. The molecule has 1 aliphatic heterocycles. The molecular formula is C22H28N4O2S. The summed E-state index contributed by atoms with van der Waals surface area (Å²) in [5.74, 6) is -0.00676. The van der Waals surface area contributed by atoms with E-state index in [-0.39, 0.29) is 11.9 Å². The van der Waals surface area contributed by atoms with Crippen molar-refractivity contribution in [3.63, 3.8) is 0 Å². The van der Waals surface area contributed by atoms with Crippen molar-refractivity contribution in [3.05, 3.63) is 45.9 Å². The molecule has 1 unspecified atom stereocenters. The quantitative estimate of drug-likeness (QED) is 0.819. The summed E-state index contributed by atoms with van der Waals surface area (Å²) in [6.07, 6.45) is 7.04. The number of para-hydroxylation sites is 1. The largest absolute Gasteiger partial charge is 0.338 e. The Morgan fingerprint density at radius 1 is 1.24 bits per heavy atom. The molecule has 7 heteroatoms. The second kappa shape index (κ2) is 8.95. The number of fused-ring (bicyclic) bond motifs is 1. The molecule has 3 amide bonds. The van der Waals surface area contributed by atoms with Crippen LogP contribution in [0.4, 0.5) is 10.5 Å². The molecule has 0 radical (unpaired) electrons. The molecule has 1 saturated heterocycles. The molecule has 1 aromatic carbocycles. The number of urea groups is 1. The molecule has 0 spiro atoms. The van der Waals surface area contributed by atoms with E-state index in [2.05, 4.69) is 5.32 Å². The first-order valence-corrected chi connectivity index (χ1v) is 11.3. The number of carbonyl (C=O) groups excluding carboxylic acids is 2. The molecule has 1 atom stereocenters. The molecule has 1 N–H and O–H groups in total. The number of piperidine rings is 1. The average molecular weight is 413 g/mol. The zero-order valence-corrected chi connectivity index (χ0v) is 17.7. The second-order valence-electron chi connectivity index (χ2n) is 7.76. The fourth-order valence-corrected chi connectivity index (χ4v) is 5.29. The number of hydrogen-bond acceptors (Lipinski definition) is 4. The van der Waals surface area contributed by atoms with Gasteiger partial charge in [-0.15, -0.1) is 11.3 Å². The van der Waals surface area contributed by atoms with Crippen molar-refractivity contribution in [1.82, 2.24) is 15.2 Å². The highest BCUT2D eigenvalue weighted by atomic mass is 32.1. The van der Waals surface area contributed by atoms with E-state index in [0.29, 0.717) is 19.5 Å². The van der Waals surface area contributed by atoms with Gasteiger partial charge in [0.1, 0.15) is 6.04 Å². The second-order valence-corrected chi connectivity index (χ2v) is 8.93. The van der Waals surface area contributed by atoms with Crippen LogP contribution < -0.4 is 10.2 Å². The van der Waals surface area contributed by atoms with Gasteiger partial charge in [-0.3, -0.25) is 4.79 Å². The highest BCUT2D eigenvalue weighted by molar-refractivity contribution is 7.11. The summed E-state index contributed by atoms with van der Waals surface area (Å²) >= 11 is 1.78. The van der Waals surface area contributed by atoms with Gasteiger partial charge in [0.15, 0.2) is 0 Å². The van der Waals surface area contributed by atoms with E-state index in [1.165, 1.54) is 23.4 Å². The molecular weight excluding hydrogens is 384 g/mol. The number of amides is 3. The molecule has 0 bridgehead atoms. The fourth-order valence-electron chi connectivity index (χ4n) is 4.13. The van der Waals surface area contributed by atoms with Crippen LogP contribution in [0.5, 0.6) is 0 Å². The summed E-state index contributed by atoms with van der Waals surface area (Å²) in [6.45, 7) is 1.24. The molecule has 2 aliphatic rings. The molecule has 4 rings (SSSR count). The van der Waals surface area contributed by atoms with Crippen LogP contribution in [0.1, 0.15) is 41.3 Å². The monoisotopic (exact) mass is 412 g/mol. The van der Waals surface area contributed by atoms with Crippen molar-refractivity contribution in [2.24, 2.45) is 0 Å². The van der Waals surface area contributed by atoms with E-state index in [1.54, 1.807) is 28.2 Å². The van der Waals surface area contributed by atoms with Crippen LogP contribution in [0, 0.1) is 0 Å². The number of hydrogen-bond donors (Lipinski definition) is 1. The number of likely N-dealkylation sites (N-methyl/N-ethyl adjacent to an activating group) is 1. The van der Waals surface area contributed by atoms with Crippen molar-refractivity contribution in [3.8, 4) is 0 Å². The van der Waals surface area contributed by atoms with Crippen LogP contribution in [0.2, 0.25) is 0 Å². The Morgan fingerprint density at radius 2 is 2.03 bits per heavy atom. The lowest BCUT2D eigenvalue weighted by Crippen LogP contribution is -2.55. The van der Waals surface area contributed by atoms with Gasteiger partial charge in [0.25, 0.3) is 0 Å². The first kappa shape index (κ1) is 19.9. The summed E-state index contributed by atoms with van der Waals surface area (Å²) in [5, 5.41) is 4.07. The zero-order valence-electron chi connectivity index (χ0n) is 16.9. The van der Waals surface area contributed by atoms with E-state index < -0.39 is 6.04 Å². The number of aryl methyl sites for hydroxylation is 2. The molecule has 1 aromatic heterocycles. The highest BCUT2D eigenvalue weighted by Gasteiger charge is 2.34. The molecule has 1 aliphatic carbocycles. The SMILES string of the molecule is CN(C(=O)NCCc1nc2c(s1)CCCC2)C1CCCN(c2ccccc2)C1=O. The maximum Gasteiger partial charge on any atom is 0.317 e. The van der Waals surface area contributed by atoms with Gasteiger partial charge < -0.3 is 15.1 Å². The van der Waals surface area contributed by atoms with Gasteiger partial charge >= 0.3 is 6.03 Å². The minimum atomic E-state index is -0.420. The molecule has 29 heavy (non-hydrogen) atoms. The number of rotatable bonds is 5. The molecule has 2 heterocycles. The predicted molar refractivity (Wildman–Crippen MR) is 115 cm³/mol. The Morgan fingerprint density at radius 3 is 2.83 bits per heavy atom. The Bertz CT molecular complexity index is 843. The number of nitrogens with zero attached hydrogens (tertiary/aromatic N) is 3. The van der Waals surface area contributed by atoms with E-state index in [9.17, 15) is 9.59 Å². The van der Waals surface area contributed by atoms with Gasteiger partial charge in [-0.2, -0.15) is 0 Å². The Kier molecular flexibility index (Phi) is 6.13. The van der Waals surface area contributed by atoms with Crippen molar-refractivity contribution >= 4 is 29.0 Å². The summed E-state index contributed by atoms with van der Waals surface area (Å²) in [4.78, 5) is 35.1. The minimum absolute atomic E-state index is 0.00676. The van der Waals surface area contributed by atoms with Crippen LogP contribution in [-0.4, -0.2) is 48.0 Å². The van der Waals surface area contributed by atoms with Crippen molar-refractivity contribution in [2.45, 2.75) is 51.0 Å². The summed E-state index contributed by atoms with van der Waals surface area (Å²) in [5.41, 5.74) is 2.15. The van der Waals surface area contributed by atoms with Crippen LogP contribution in [0.3, 0.4) is 0 Å². The van der Waals surface area contributed by atoms with Gasteiger partial charge in [-0.25, -0.2) is 9.78 Å². The lowest BCUT2D eigenvalue weighted by atomic mass is 10.0. The minimum Gasteiger partial charge on any atom is -0.338 e. The van der Waals surface area contributed by atoms with Gasteiger partial charge in [-0.1, -0.05) is 18.2 Å². The van der Waals surface area contributed by atoms with Crippen molar-refractivity contribution < 1.29 is 9.59 Å². The van der Waals surface area contributed by atoms with E-state index in [0.717, 1.165) is 36.4 Å². The first-order chi connectivity index (χ1) is 14.1. The van der Waals surface area contributed by atoms with Crippen molar-refractivity contribution in [1.29, 1.82) is 0 Å². The number of thiazole rings is 1. The third-order valence-corrected chi connectivity index (χ3v) is 6.99. The number of benzene rings is 1. The lowest BCUT2D eigenvalue weighted by molar-refractivity contribution is -0.123. The van der Waals surface area contributed by atoms with Crippen LogP contribution >= 0.6 is 11.3 Å². The fraction of sp³-hybridized carbons (Fsp3) is 0.500. The van der Waals surface area contributed by atoms with Crippen LogP contribution in [0.15, 0.2) is 30.3 Å². The van der Waals surface area contributed by atoms with Crippen LogP contribution in [0.25, 0.3) is 0 Å². The topological polar surface area (TPSA) is 65.5 Å². The van der Waals surface area contributed by atoms with Gasteiger partial charge in [0.05, 0.1) is 10.7 Å². The molecule has 2 aromatic rings. The highest BCUT2D eigenvalue weighted by Crippen LogP contribution is 2.27. The third-order valence-electron chi connectivity index (χ3n) is 5.77.